The van der Waals surface area contributed by atoms with Gasteiger partial charge in [0.05, 0.1) is 25.4 Å². The van der Waals surface area contributed by atoms with E-state index >= 15 is 0 Å². The zero-order valence-corrected chi connectivity index (χ0v) is 52.1. The van der Waals surface area contributed by atoms with Crippen LogP contribution in [0.25, 0.3) is 0 Å². The summed E-state index contributed by atoms with van der Waals surface area (Å²) < 4.78 is 17.6. The van der Waals surface area contributed by atoms with Gasteiger partial charge in [-0.2, -0.15) is 0 Å². The fraction of sp³-hybridized carbons (Fsp3) is 0.800. The Morgan fingerprint density at radius 2 is 0.901 bits per heavy atom. The maximum Gasteiger partial charge on any atom is 0.306 e. The van der Waals surface area contributed by atoms with Crippen LogP contribution in [0, 0.1) is 0 Å². The highest BCUT2D eigenvalue weighted by molar-refractivity contribution is 5.80. The molecule has 0 spiro atoms. The lowest BCUT2D eigenvalue weighted by atomic mass is 9.99. The Morgan fingerprint density at radius 1 is 0.494 bits per heavy atom. The molecule has 1 aliphatic heterocycles. The number of aliphatic hydroxyl groups excluding tert-OH is 5. The lowest BCUT2D eigenvalue weighted by Crippen LogP contribution is -2.61. The Hall–Kier alpha value is -2.90. The second-order valence-electron chi connectivity index (χ2n) is 23.3. The molecular weight excluding hydrogens is 1010 g/mol. The highest BCUT2D eigenvalue weighted by Gasteiger charge is 2.47. The van der Waals surface area contributed by atoms with Crippen molar-refractivity contribution in [2.24, 2.45) is 0 Å². The topological polar surface area (TPSA) is 175 Å². The van der Waals surface area contributed by atoms with Gasteiger partial charge >= 0.3 is 5.97 Å². The molecule has 0 bridgehead atoms. The Balaban J connectivity index is 2.53. The van der Waals surface area contributed by atoms with E-state index < -0.39 is 67.4 Å². The summed E-state index contributed by atoms with van der Waals surface area (Å²) in [5, 5.41) is 57.0. The molecule has 8 atom stereocenters. The Kier molecular flexibility index (Phi) is 54.1. The van der Waals surface area contributed by atoms with Crippen molar-refractivity contribution in [2.45, 2.75) is 346 Å². The summed E-state index contributed by atoms with van der Waals surface area (Å²) in [6.07, 6.45) is 63.9. The van der Waals surface area contributed by atoms with Gasteiger partial charge in [0.1, 0.15) is 24.4 Å². The number of carbonyl (C=O) groups excluding carboxylic acids is 2. The summed E-state index contributed by atoms with van der Waals surface area (Å²) in [6.45, 7) is 5.64. The van der Waals surface area contributed by atoms with Gasteiger partial charge < -0.3 is 45.1 Å². The Morgan fingerprint density at radius 3 is 1.37 bits per heavy atom. The molecule has 470 valence electrons. The zero-order valence-electron chi connectivity index (χ0n) is 52.1. The number of rotatable bonds is 57. The molecule has 1 fully saturated rings. The average Bonchev–Trinajstić information content (AvgIpc) is 3.50. The van der Waals surface area contributed by atoms with E-state index in [4.69, 9.17) is 14.2 Å². The van der Waals surface area contributed by atoms with Crippen LogP contribution in [0.1, 0.15) is 297 Å². The molecule has 1 aliphatic rings. The summed E-state index contributed by atoms with van der Waals surface area (Å²) in [5.74, 6) is -1.21. The molecule has 1 saturated heterocycles. The molecule has 8 unspecified atom stereocenters. The minimum absolute atomic E-state index is 0.121. The molecule has 11 nitrogen and oxygen atoms in total. The van der Waals surface area contributed by atoms with Crippen LogP contribution in [0.2, 0.25) is 0 Å². The molecule has 11 heteroatoms. The summed E-state index contributed by atoms with van der Waals surface area (Å²) in [4.78, 5) is 26.6. The first-order valence-electron chi connectivity index (χ1n) is 33.8. The second kappa shape index (κ2) is 57.5. The van der Waals surface area contributed by atoms with Gasteiger partial charge in [-0.05, 0) is 70.6 Å². The largest absolute Gasteiger partial charge is 0.454 e. The smallest absolute Gasteiger partial charge is 0.306 e. The van der Waals surface area contributed by atoms with Gasteiger partial charge in [0.2, 0.25) is 5.91 Å². The average molecular weight is 1140 g/mol. The maximum atomic E-state index is 13.4. The van der Waals surface area contributed by atoms with Gasteiger partial charge in [-0.15, -0.1) is 0 Å². The number of unbranched alkanes of at least 4 members (excludes halogenated alkanes) is 36. The number of esters is 1. The molecule has 81 heavy (non-hydrogen) atoms. The second-order valence-corrected chi connectivity index (χ2v) is 23.3. The number of amides is 1. The highest BCUT2D eigenvalue weighted by Crippen LogP contribution is 2.26. The number of carbonyl (C=O) groups is 2. The van der Waals surface area contributed by atoms with Crippen LogP contribution < -0.4 is 5.32 Å². The van der Waals surface area contributed by atoms with Crippen LogP contribution in [-0.2, 0) is 23.8 Å². The first kappa shape index (κ1) is 76.1. The summed E-state index contributed by atoms with van der Waals surface area (Å²) in [7, 11) is 0. The van der Waals surface area contributed by atoms with Crippen molar-refractivity contribution in [2.75, 3.05) is 13.2 Å². The van der Waals surface area contributed by atoms with Crippen molar-refractivity contribution in [3.05, 3.63) is 72.9 Å². The van der Waals surface area contributed by atoms with Crippen LogP contribution in [0.5, 0.6) is 0 Å². The number of allylic oxidation sites excluding steroid dienone is 11. The standard InChI is InChI=1S/C70H125NO10/c1-4-7-10-13-16-19-22-24-26-27-28-29-30-31-32-33-34-35-36-37-38-40-43-46-49-52-55-58-65(75)81-68-67(77)66(76)64(59-72)80-70(68)79-60-61(62(73)56-53-50-47-44-41-21-18-15-12-9-6-3)71-69(78)63(74)57-54-51-48-45-42-39-25-23-20-17-14-11-8-5-2/h8,11,14,17,20,23-26,39,53,56,61-64,66-68,70,72-74,76-77H,4-7,9-10,12-13,15-16,18-19,21-22,27-38,40-52,54-55,57-60H2,1-3H3,(H,71,78)/b11-8+,17-14+,23-20+,26-24+,39-25-,56-53+. The fourth-order valence-electron chi connectivity index (χ4n) is 10.4. The number of nitrogens with one attached hydrogen (secondary N) is 1. The van der Waals surface area contributed by atoms with Crippen molar-refractivity contribution < 1.29 is 49.3 Å². The number of ether oxygens (including phenoxy) is 3. The molecule has 1 heterocycles. The van der Waals surface area contributed by atoms with Gasteiger partial charge in [-0.3, -0.25) is 9.59 Å². The molecule has 0 aromatic rings. The van der Waals surface area contributed by atoms with Crippen LogP contribution >= 0.6 is 0 Å². The number of hydrogen-bond donors (Lipinski definition) is 6. The van der Waals surface area contributed by atoms with Gasteiger partial charge in [-0.1, -0.05) is 293 Å². The van der Waals surface area contributed by atoms with E-state index in [0.717, 1.165) is 70.6 Å². The zero-order chi connectivity index (χ0) is 58.9. The molecular formula is C70H125NO10. The fourth-order valence-corrected chi connectivity index (χ4v) is 10.4. The lowest BCUT2D eigenvalue weighted by molar-refractivity contribution is -0.305. The van der Waals surface area contributed by atoms with Crippen molar-refractivity contribution in [1.29, 1.82) is 0 Å². The third-order valence-corrected chi connectivity index (χ3v) is 15.7. The Labute approximate surface area is 496 Å². The molecule has 1 amide bonds. The summed E-state index contributed by atoms with van der Waals surface area (Å²) in [5.41, 5.74) is 0. The molecule has 0 radical (unpaired) electrons. The van der Waals surface area contributed by atoms with E-state index in [2.05, 4.69) is 50.4 Å². The predicted molar refractivity (Wildman–Crippen MR) is 338 cm³/mol. The van der Waals surface area contributed by atoms with Crippen molar-refractivity contribution in [3.63, 3.8) is 0 Å². The van der Waals surface area contributed by atoms with Gasteiger partial charge in [0.15, 0.2) is 12.4 Å². The van der Waals surface area contributed by atoms with Crippen molar-refractivity contribution >= 4 is 11.9 Å². The van der Waals surface area contributed by atoms with Gasteiger partial charge in [0, 0.05) is 6.42 Å². The van der Waals surface area contributed by atoms with Crippen LogP contribution in [0.3, 0.4) is 0 Å². The molecule has 6 N–H and O–H groups in total. The number of hydrogen-bond acceptors (Lipinski definition) is 10. The normalized spacial score (nSPS) is 19.1. The minimum atomic E-state index is -1.62. The monoisotopic (exact) mass is 1140 g/mol. The van der Waals surface area contributed by atoms with E-state index in [1.165, 1.54) is 180 Å². The molecule has 0 aromatic heterocycles. The maximum absolute atomic E-state index is 13.4. The van der Waals surface area contributed by atoms with Crippen LogP contribution in [-0.4, -0.2) is 99.6 Å². The number of aliphatic hydroxyl groups is 5. The van der Waals surface area contributed by atoms with E-state index in [-0.39, 0.29) is 19.4 Å². The Bertz CT molecular complexity index is 1590. The molecule has 0 aliphatic carbocycles. The van der Waals surface area contributed by atoms with E-state index in [1.54, 1.807) is 6.08 Å². The SMILES string of the molecule is CC/C=C/C=C/C=C/C=C\CCCCCCC(O)C(=O)NC(COC1OC(CO)C(O)C(O)C1OC(=O)CCCCCCCCCCCCCCCCCCC/C=C/CCCCCCCC)C(O)/C=C/CCCCCCCCCCC. The highest BCUT2D eigenvalue weighted by atomic mass is 16.7. The first-order chi connectivity index (χ1) is 39.7. The van der Waals surface area contributed by atoms with E-state index in [0.29, 0.717) is 12.8 Å². The van der Waals surface area contributed by atoms with Crippen LogP contribution in [0.15, 0.2) is 72.9 Å². The summed E-state index contributed by atoms with van der Waals surface area (Å²) in [6, 6.07) is -1.04. The van der Waals surface area contributed by atoms with Crippen molar-refractivity contribution in [1.82, 2.24) is 5.32 Å². The quantitative estimate of drug-likeness (QED) is 0.0149. The van der Waals surface area contributed by atoms with Crippen molar-refractivity contribution in [3.8, 4) is 0 Å². The van der Waals surface area contributed by atoms with E-state index in [9.17, 15) is 35.1 Å². The van der Waals surface area contributed by atoms with E-state index in [1.807, 2.05) is 42.5 Å². The molecule has 1 rings (SSSR count). The lowest BCUT2D eigenvalue weighted by Gasteiger charge is -2.41. The van der Waals surface area contributed by atoms with Crippen LogP contribution in [0.4, 0.5) is 0 Å². The predicted octanol–water partition coefficient (Wildman–Crippen LogP) is 16.7. The third-order valence-electron chi connectivity index (χ3n) is 15.7. The van der Waals surface area contributed by atoms with Gasteiger partial charge in [-0.25, -0.2) is 0 Å². The first-order valence-corrected chi connectivity index (χ1v) is 33.8. The molecule has 0 aromatic carbocycles. The van der Waals surface area contributed by atoms with Gasteiger partial charge in [0.25, 0.3) is 0 Å². The third kappa shape index (κ3) is 45.2. The molecule has 0 saturated carbocycles. The minimum Gasteiger partial charge on any atom is -0.454 e. The summed E-state index contributed by atoms with van der Waals surface area (Å²) >= 11 is 0.